The quantitative estimate of drug-likeness (QED) is 0.288. The molecule has 2 aliphatic heterocycles. The third-order valence-corrected chi connectivity index (χ3v) is 5.82. The Hall–Kier alpha value is -2.24. The van der Waals surface area contributed by atoms with Crippen LogP contribution < -0.4 is 24.8 Å². The second-order valence-corrected chi connectivity index (χ2v) is 7.75. The molecule has 1 fully saturated rings. The van der Waals surface area contributed by atoms with Gasteiger partial charge in [0.1, 0.15) is 5.75 Å². The molecular formula is C24H33IN4O4. The van der Waals surface area contributed by atoms with Crippen LogP contribution in [0.5, 0.6) is 17.2 Å². The van der Waals surface area contributed by atoms with Crippen molar-refractivity contribution in [3.05, 3.63) is 53.6 Å². The van der Waals surface area contributed by atoms with Crippen molar-refractivity contribution in [3.8, 4) is 17.2 Å². The number of nitrogens with zero attached hydrogens (tertiary/aromatic N) is 2. The van der Waals surface area contributed by atoms with E-state index in [9.17, 15) is 0 Å². The van der Waals surface area contributed by atoms with Gasteiger partial charge in [-0.1, -0.05) is 18.2 Å². The Morgan fingerprint density at radius 3 is 2.55 bits per heavy atom. The summed E-state index contributed by atoms with van der Waals surface area (Å²) < 4.78 is 21.7. The lowest BCUT2D eigenvalue weighted by Crippen LogP contribution is -2.46. The SMILES string of the molecule is CN=C(NCCc1ccc2c(c1)OCO2)NCC(c1ccc(OC)cc1)N1CCOCC1.I. The minimum Gasteiger partial charge on any atom is -0.497 e. The van der Waals surface area contributed by atoms with Crippen molar-refractivity contribution in [1.82, 2.24) is 15.5 Å². The van der Waals surface area contributed by atoms with Crippen LogP contribution in [0.15, 0.2) is 47.5 Å². The second-order valence-electron chi connectivity index (χ2n) is 7.75. The van der Waals surface area contributed by atoms with E-state index in [2.05, 4.69) is 38.7 Å². The summed E-state index contributed by atoms with van der Waals surface area (Å²) in [4.78, 5) is 6.86. The van der Waals surface area contributed by atoms with Crippen LogP contribution in [0.4, 0.5) is 0 Å². The zero-order chi connectivity index (χ0) is 22.2. The molecular weight excluding hydrogens is 535 g/mol. The van der Waals surface area contributed by atoms with Gasteiger partial charge in [0.05, 0.1) is 26.4 Å². The first-order chi connectivity index (χ1) is 15.8. The maximum Gasteiger partial charge on any atom is 0.231 e. The number of fused-ring (bicyclic) bond motifs is 1. The first-order valence-corrected chi connectivity index (χ1v) is 11.1. The van der Waals surface area contributed by atoms with E-state index < -0.39 is 0 Å². The van der Waals surface area contributed by atoms with Crippen LogP contribution >= 0.6 is 24.0 Å². The van der Waals surface area contributed by atoms with Crippen LogP contribution in [0, 0.1) is 0 Å². The van der Waals surface area contributed by atoms with E-state index in [0.29, 0.717) is 6.79 Å². The van der Waals surface area contributed by atoms with Gasteiger partial charge in [0.15, 0.2) is 17.5 Å². The van der Waals surface area contributed by atoms with Crippen molar-refractivity contribution in [3.63, 3.8) is 0 Å². The number of halogens is 1. The number of hydrogen-bond acceptors (Lipinski definition) is 6. The average molecular weight is 568 g/mol. The molecule has 2 heterocycles. The Labute approximate surface area is 212 Å². The molecule has 33 heavy (non-hydrogen) atoms. The summed E-state index contributed by atoms with van der Waals surface area (Å²) in [5.41, 5.74) is 2.44. The summed E-state index contributed by atoms with van der Waals surface area (Å²) in [7, 11) is 3.49. The number of nitrogens with one attached hydrogen (secondary N) is 2. The fraction of sp³-hybridized carbons (Fsp3) is 0.458. The molecule has 1 atom stereocenters. The van der Waals surface area contributed by atoms with Gasteiger partial charge in [-0.2, -0.15) is 0 Å². The van der Waals surface area contributed by atoms with Crippen LogP contribution in [0.2, 0.25) is 0 Å². The summed E-state index contributed by atoms with van der Waals surface area (Å²) in [6.07, 6.45) is 0.864. The fourth-order valence-corrected chi connectivity index (χ4v) is 4.01. The van der Waals surface area contributed by atoms with Gasteiger partial charge in [0.25, 0.3) is 0 Å². The zero-order valence-corrected chi connectivity index (χ0v) is 21.5. The standard InChI is InChI=1S/C24H32N4O4.HI/c1-25-24(26-10-9-18-3-8-22-23(15-18)32-17-31-22)27-16-21(28-11-13-30-14-12-28)19-4-6-20(29-2)7-5-19;/h3-8,15,21H,9-14,16-17H2,1-2H3,(H2,25,26,27);1H. The van der Waals surface area contributed by atoms with Crippen molar-refractivity contribution in [2.45, 2.75) is 12.5 Å². The van der Waals surface area contributed by atoms with Gasteiger partial charge in [0, 0.05) is 33.2 Å². The maximum atomic E-state index is 5.56. The van der Waals surface area contributed by atoms with Crippen molar-refractivity contribution < 1.29 is 18.9 Å². The number of aliphatic imine (C=N–C) groups is 1. The second kappa shape index (κ2) is 12.9. The zero-order valence-electron chi connectivity index (χ0n) is 19.2. The maximum absolute atomic E-state index is 5.56. The predicted molar refractivity (Wildman–Crippen MR) is 139 cm³/mol. The molecule has 8 nitrogen and oxygen atoms in total. The summed E-state index contributed by atoms with van der Waals surface area (Å²) in [5.74, 6) is 3.28. The number of rotatable bonds is 8. The Kier molecular flexibility index (Phi) is 9.89. The molecule has 0 radical (unpaired) electrons. The van der Waals surface area contributed by atoms with Crippen LogP contribution in [0.1, 0.15) is 17.2 Å². The lowest BCUT2D eigenvalue weighted by Gasteiger charge is -2.35. The molecule has 180 valence electrons. The Bertz CT molecular complexity index is 904. The van der Waals surface area contributed by atoms with E-state index in [1.54, 1.807) is 14.2 Å². The molecule has 0 spiro atoms. The van der Waals surface area contributed by atoms with Crippen molar-refractivity contribution in [2.24, 2.45) is 4.99 Å². The number of ether oxygens (including phenoxy) is 4. The third kappa shape index (κ3) is 6.87. The van der Waals surface area contributed by atoms with Crippen LogP contribution in [-0.4, -0.2) is 71.2 Å². The molecule has 9 heteroatoms. The monoisotopic (exact) mass is 568 g/mol. The number of methoxy groups -OCH3 is 1. The molecule has 0 saturated carbocycles. The molecule has 2 aromatic rings. The lowest BCUT2D eigenvalue weighted by molar-refractivity contribution is 0.0170. The van der Waals surface area contributed by atoms with Crippen molar-refractivity contribution in [1.29, 1.82) is 0 Å². The molecule has 1 saturated heterocycles. The van der Waals surface area contributed by atoms with E-state index in [4.69, 9.17) is 18.9 Å². The summed E-state index contributed by atoms with van der Waals surface area (Å²) in [5, 5.41) is 6.92. The average Bonchev–Trinajstić information content (AvgIpc) is 3.32. The van der Waals surface area contributed by atoms with Gasteiger partial charge in [-0.15, -0.1) is 24.0 Å². The third-order valence-electron chi connectivity index (χ3n) is 5.82. The molecule has 2 aliphatic rings. The molecule has 2 N–H and O–H groups in total. The highest BCUT2D eigenvalue weighted by atomic mass is 127. The van der Waals surface area contributed by atoms with Gasteiger partial charge in [-0.05, 0) is 41.8 Å². The first-order valence-electron chi connectivity index (χ1n) is 11.1. The normalized spacial score (nSPS) is 16.6. The minimum atomic E-state index is 0. The summed E-state index contributed by atoms with van der Waals surface area (Å²) in [6, 6.07) is 14.6. The van der Waals surface area contributed by atoms with Crippen LogP contribution in [0.3, 0.4) is 0 Å². The number of guanidine groups is 1. The minimum absolute atomic E-state index is 0. The molecule has 0 bridgehead atoms. The van der Waals surface area contributed by atoms with E-state index in [-0.39, 0.29) is 30.0 Å². The van der Waals surface area contributed by atoms with Crippen molar-refractivity contribution in [2.75, 3.05) is 60.3 Å². The smallest absolute Gasteiger partial charge is 0.231 e. The highest BCUT2D eigenvalue weighted by molar-refractivity contribution is 14.0. The van der Waals surface area contributed by atoms with E-state index >= 15 is 0 Å². The fourth-order valence-electron chi connectivity index (χ4n) is 4.01. The van der Waals surface area contributed by atoms with Gasteiger partial charge in [-0.25, -0.2) is 0 Å². The Balaban J connectivity index is 0.00000306. The predicted octanol–water partition coefficient (Wildman–Crippen LogP) is 2.82. The van der Waals surface area contributed by atoms with Gasteiger partial charge < -0.3 is 29.6 Å². The number of morpholine rings is 1. The number of hydrogen-bond donors (Lipinski definition) is 2. The summed E-state index contributed by atoms with van der Waals surface area (Å²) in [6.45, 7) is 5.15. The lowest BCUT2D eigenvalue weighted by atomic mass is 10.0. The number of benzene rings is 2. The highest BCUT2D eigenvalue weighted by Gasteiger charge is 2.23. The van der Waals surface area contributed by atoms with E-state index in [1.807, 2.05) is 24.3 Å². The molecule has 4 rings (SSSR count). The largest absolute Gasteiger partial charge is 0.497 e. The van der Waals surface area contributed by atoms with Gasteiger partial charge in [0.2, 0.25) is 6.79 Å². The van der Waals surface area contributed by atoms with Crippen LogP contribution in [0.25, 0.3) is 0 Å². The Morgan fingerprint density at radius 1 is 1.06 bits per heavy atom. The molecule has 0 aromatic heterocycles. The van der Waals surface area contributed by atoms with E-state index in [1.165, 1.54) is 11.1 Å². The molecule has 1 unspecified atom stereocenters. The van der Waals surface area contributed by atoms with Gasteiger partial charge >= 0.3 is 0 Å². The molecule has 0 amide bonds. The topological polar surface area (TPSA) is 76.6 Å². The van der Waals surface area contributed by atoms with Crippen LogP contribution in [-0.2, 0) is 11.2 Å². The summed E-state index contributed by atoms with van der Waals surface area (Å²) >= 11 is 0. The Morgan fingerprint density at radius 2 is 1.82 bits per heavy atom. The highest BCUT2D eigenvalue weighted by Crippen LogP contribution is 2.32. The molecule has 2 aromatic carbocycles. The first kappa shape index (κ1) is 25.4. The van der Waals surface area contributed by atoms with Gasteiger partial charge in [-0.3, -0.25) is 9.89 Å². The molecule has 0 aliphatic carbocycles. The van der Waals surface area contributed by atoms with Crippen molar-refractivity contribution >= 4 is 29.9 Å². The van der Waals surface area contributed by atoms with E-state index in [0.717, 1.165) is 69.0 Å².